The molecule has 1 rings (SSSR count). The second-order valence-electron chi connectivity index (χ2n) is 3.60. The maximum Gasteiger partial charge on any atom is 0.277 e. The van der Waals surface area contributed by atoms with E-state index < -0.39 is 0 Å². The van der Waals surface area contributed by atoms with Crippen LogP contribution < -0.4 is 10.2 Å². The Morgan fingerprint density at radius 2 is 2.17 bits per heavy atom. The van der Waals surface area contributed by atoms with E-state index in [2.05, 4.69) is 10.5 Å². The molecule has 0 radical (unpaired) electrons. The number of nitrogens with zero attached hydrogens (tertiary/aromatic N) is 1. The molecule has 0 spiro atoms. The van der Waals surface area contributed by atoms with E-state index in [0.29, 0.717) is 15.8 Å². The van der Waals surface area contributed by atoms with Gasteiger partial charge in [-0.25, -0.2) is 5.43 Å². The van der Waals surface area contributed by atoms with Crippen LogP contribution in [0.3, 0.4) is 0 Å². The molecular weight excluding hydrogens is 275 g/mol. The zero-order chi connectivity index (χ0) is 13.5. The Kier molecular flexibility index (Phi) is 5.95. The van der Waals surface area contributed by atoms with E-state index in [1.807, 2.05) is 13.8 Å². The van der Waals surface area contributed by atoms with Gasteiger partial charge in [-0.1, -0.05) is 30.1 Å². The Morgan fingerprint density at radius 3 is 2.78 bits per heavy atom. The minimum Gasteiger partial charge on any atom is -0.482 e. The summed E-state index contributed by atoms with van der Waals surface area (Å²) in [5, 5.41) is 4.75. The summed E-state index contributed by atoms with van der Waals surface area (Å²) in [6.45, 7) is 3.63. The van der Waals surface area contributed by atoms with Gasteiger partial charge in [0.25, 0.3) is 5.91 Å². The third-order valence-electron chi connectivity index (χ3n) is 2.14. The molecular formula is C12H14Cl2N2O2. The van der Waals surface area contributed by atoms with Gasteiger partial charge >= 0.3 is 0 Å². The molecule has 1 aromatic carbocycles. The Labute approximate surface area is 116 Å². The van der Waals surface area contributed by atoms with Crippen molar-refractivity contribution in [2.24, 2.45) is 5.10 Å². The molecule has 0 bridgehead atoms. The van der Waals surface area contributed by atoms with Crippen molar-refractivity contribution in [3.8, 4) is 5.75 Å². The van der Waals surface area contributed by atoms with Crippen molar-refractivity contribution in [2.45, 2.75) is 20.3 Å². The molecule has 1 amide bonds. The largest absolute Gasteiger partial charge is 0.482 e. The molecule has 0 atom stereocenters. The van der Waals surface area contributed by atoms with Crippen LogP contribution in [0.1, 0.15) is 20.3 Å². The Balaban J connectivity index is 2.47. The lowest BCUT2D eigenvalue weighted by Gasteiger charge is -2.07. The lowest BCUT2D eigenvalue weighted by atomic mass is 10.3. The zero-order valence-electron chi connectivity index (χ0n) is 10.2. The number of benzene rings is 1. The summed E-state index contributed by atoms with van der Waals surface area (Å²) in [5.74, 6) is 0.0706. The summed E-state index contributed by atoms with van der Waals surface area (Å²) in [7, 11) is 0. The van der Waals surface area contributed by atoms with Gasteiger partial charge in [-0.3, -0.25) is 4.79 Å². The Morgan fingerprint density at radius 1 is 1.44 bits per heavy atom. The summed E-state index contributed by atoms with van der Waals surface area (Å²) in [5.41, 5.74) is 3.23. The van der Waals surface area contributed by atoms with Crippen molar-refractivity contribution in [2.75, 3.05) is 6.61 Å². The molecule has 1 aromatic rings. The molecule has 0 saturated heterocycles. The van der Waals surface area contributed by atoms with Crippen LogP contribution in [0.5, 0.6) is 5.75 Å². The van der Waals surface area contributed by atoms with Crippen LogP contribution in [0.15, 0.2) is 23.3 Å². The van der Waals surface area contributed by atoms with E-state index in [4.69, 9.17) is 27.9 Å². The first-order chi connectivity index (χ1) is 8.52. The third-order valence-corrected chi connectivity index (χ3v) is 2.67. The van der Waals surface area contributed by atoms with E-state index in [9.17, 15) is 4.79 Å². The number of halogens is 2. The van der Waals surface area contributed by atoms with Crippen LogP contribution in [0.25, 0.3) is 0 Å². The van der Waals surface area contributed by atoms with Crippen LogP contribution in [0, 0.1) is 0 Å². The zero-order valence-corrected chi connectivity index (χ0v) is 11.7. The van der Waals surface area contributed by atoms with Crippen LogP contribution in [0.4, 0.5) is 0 Å². The third kappa shape index (κ3) is 4.94. The molecule has 6 heteroatoms. The number of hydrogen-bond acceptors (Lipinski definition) is 3. The number of amides is 1. The summed E-state index contributed by atoms with van der Waals surface area (Å²) in [6.07, 6.45) is 0.782. The van der Waals surface area contributed by atoms with Gasteiger partial charge in [0, 0.05) is 10.7 Å². The quantitative estimate of drug-likeness (QED) is 0.668. The summed E-state index contributed by atoms with van der Waals surface area (Å²) < 4.78 is 5.25. The molecule has 1 N–H and O–H groups in total. The molecule has 0 heterocycles. The van der Waals surface area contributed by atoms with E-state index in [1.165, 1.54) is 0 Å². The van der Waals surface area contributed by atoms with Crippen molar-refractivity contribution >= 4 is 34.8 Å². The van der Waals surface area contributed by atoms with Crippen molar-refractivity contribution in [3.63, 3.8) is 0 Å². The predicted octanol–water partition coefficient (Wildman–Crippen LogP) is 3.27. The normalized spacial score (nSPS) is 11.2. The van der Waals surface area contributed by atoms with Gasteiger partial charge in [0.15, 0.2) is 6.61 Å². The fourth-order valence-electron chi connectivity index (χ4n) is 1.00. The van der Waals surface area contributed by atoms with E-state index >= 15 is 0 Å². The number of nitrogens with one attached hydrogen (secondary N) is 1. The van der Waals surface area contributed by atoms with Crippen molar-refractivity contribution in [3.05, 3.63) is 28.2 Å². The van der Waals surface area contributed by atoms with Gasteiger partial charge in [0.2, 0.25) is 0 Å². The lowest BCUT2D eigenvalue weighted by Crippen LogP contribution is -2.25. The SMILES string of the molecule is CC/C(C)=N/NC(=O)COc1ccc(Cl)cc1Cl. The van der Waals surface area contributed by atoms with Gasteiger partial charge < -0.3 is 4.74 Å². The minimum absolute atomic E-state index is 0.151. The van der Waals surface area contributed by atoms with E-state index in [1.54, 1.807) is 18.2 Å². The first-order valence-corrected chi connectivity index (χ1v) is 6.18. The molecule has 18 heavy (non-hydrogen) atoms. The first-order valence-electron chi connectivity index (χ1n) is 5.42. The first kappa shape index (κ1) is 14.8. The molecule has 4 nitrogen and oxygen atoms in total. The summed E-state index contributed by atoms with van der Waals surface area (Å²) >= 11 is 11.6. The lowest BCUT2D eigenvalue weighted by molar-refractivity contribution is -0.123. The van der Waals surface area contributed by atoms with Gasteiger partial charge in [-0.2, -0.15) is 5.10 Å². The summed E-state index contributed by atoms with van der Waals surface area (Å²) in [4.78, 5) is 11.4. The Bertz CT molecular complexity index is 461. The molecule has 0 unspecified atom stereocenters. The van der Waals surface area contributed by atoms with Gasteiger partial charge in [-0.05, 0) is 31.5 Å². The second-order valence-corrected chi connectivity index (χ2v) is 4.44. The van der Waals surface area contributed by atoms with Gasteiger partial charge in [-0.15, -0.1) is 0 Å². The highest BCUT2D eigenvalue weighted by Crippen LogP contribution is 2.27. The number of carbonyl (C=O) groups excluding carboxylic acids is 1. The number of hydrogen-bond donors (Lipinski definition) is 1. The number of rotatable bonds is 5. The topological polar surface area (TPSA) is 50.7 Å². The average Bonchev–Trinajstić information content (AvgIpc) is 2.34. The fourth-order valence-corrected chi connectivity index (χ4v) is 1.47. The highest BCUT2D eigenvalue weighted by atomic mass is 35.5. The fraction of sp³-hybridized carbons (Fsp3) is 0.333. The van der Waals surface area contributed by atoms with E-state index in [-0.39, 0.29) is 12.5 Å². The maximum atomic E-state index is 11.4. The molecule has 0 fully saturated rings. The van der Waals surface area contributed by atoms with Gasteiger partial charge in [0.05, 0.1) is 5.02 Å². The monoisotopic (exact) mass is 288 g/mol. The van der Waals surface area contributed by atoms with Crippen molar-refractivity contribution in [1.29, 1.82) is 0 Å². The molecule has 0 aliphatic rings. The highest BCUT2D eigenvalue weighted by molar-refractivity contribution is 6.35. The number of carbonyl (C=O) groups is 1. The van der Waals surface area contributed by atoms with Crippen molar-refractivity contribution in [1.82, 2.24) is 5.43 Å². The smallest absolute Gasteiger partial charge is 0.277 e. The predicted molar refractivity (Wildman–Crippen MR) is 73.5 cm³/mol. The van der Waals surface area contributed by atoms with Gasteiger partial charge in [0.1, 0.15) is 5.75 Å². The Hall–Kier alpha value is -1.26. The molecule has 98 valence electrons. The second kappa shape index (κ2) is 7.24. The van der Waals surface area contributed by atoms with Crippen LogP contribution in [-0.4, -0.2) is 18.2 Å². The summed E-state index contributed by atoms with van der Waals surface area (Å²) in [6, 6.07) is 4.80. The highest BCUT2D eigenvalue weighted by Gasteiger charge is 2.05. The number of ether oxygens (including phenoxy) is 1. The minimum atomic E-state index is -0.339. The van der Waals surface area contributed by atoms with Crippen LogP contribution in [-0.2, 0) is 4.79 Å². The van der Waals surface area contributed by atoms with Crippen LogP contribution in [0.2, 0.25) is 10.0 Å². The number of hydrazone groups is 1. The maximum absolute atomic E-state index is 11.4. The standard InChI is InChI=1S/C12H14Cl2N2O2/c1-3-8(2)15-16-12(17)7-18-11-5-4-9(13)6-10(11)14/h4-6H,3,7H2,1-2H3,(H,16,17)/b15-8+. The molecule has 0 aromatic heterocycles. The average molecular weight is 289 g/mol. The molecule has 0 saturated carbocycles. The van der Waals surface area contributed by atoms with E-state index in [0.717, 1.165) is 12.1 Å². The van der Waals surface area contributed by atoms with Crippen molar-refractivity contribution < 1.29 is 9.53 Å². The van der Waals surface area contributed by atoms with Crippen LogP contribution >= 0.6 is 23.2 Å². The molecule has 0 aliphatic heterocycles. The molecule has 0 aliphatic carbocycles.